The van der Waals surface area contributed by atoms with Gasteiger partial charge in [-0.1, -0.05) is 168 Å². The van der Waals surface area contributed by atoms with Crippen molar-refractivity contribution in [3.05, 3.63) is 0 Å². The van der Waals surface area contributed by atoms with E-state index >= 15 is 0 Å². The molecule has 0 aromatic rings. The third kappa shape index (κ3) is 39.1. The third-order valence-corrected chi connectivity index (χ3v) is 10.0. The minimum Gasteiger partial charge on any atom is -1.00 e. The van der Waals surface area contributed by atoms with Gasteiger partial charge >= 0.3 is 0 Å². The van der Waals surface area contributed by atoms with Gasteiger partial charge in [-0.05, 0) is 25.7 Å². The topological polar surface area (TPSA) is 0 Å². The Morgan fingerprint density at radius 2 is 0.364 bits per heavy atom. The average Bonchev–Trinajstić information content (AvgIpc) is 2.95. The fourth-order valence-electron chi connectivity index (χ4n) is 6.77. The van der Waals surface area contributed by atoms with Crippen LogP contribution in [0.1, 0.15) is 206 Å². The molecular weight excluding hydrogens is 668 g/mol. The fraction of sp³-hybridized carbons (Fsp3) is 1.00. The molecule has 270 valence electrons. The molecule has 0 aromatic carbocycles. The largest absolute Gasteiger partial charge is 1.00 e. The first-order chi connectivity index (χ1) is 20.3. The zero-order chi connectivity index (χ0) is 31.0. The minimum atomic E-state index is 0. The monoisotopic (exact) mass is 753 g/mol. The van der Waals surface area contributed by atoms with Gasteiger partial charge in [0.25, 0.3) is 0 Å². The highest BCUT2D eigenvalue weighted by Crippen LogP contribution is 2.16. The van der Waals surface area contributed by atoms with Gasteiger partial charge in [0.15, 0.2) is 0 Å². The summed E-state index contributed by atoms with van der Waals surface area (Å²) in [6, 6.07) is 0. The molecule has 44 heavy (non-hydrogen) atoms. The molecule has 0 rings (SSSR count). The number of unbranched alkanes of at least 4 members (excludes halogenated alkanes) is 27. The van der Waals surface area contributed by atoms with Gasteiger partial charge in [0.2, 0.25) is 0 Å². The second kappa shape index (κ2) is 36.7. The lowest BCUT2D eigenvalue weighted by molar-refractivity contribution is -0.897. The second-order valence-electron chi connectivity index (χ2n) is 15.7. The predicted molar refractivity (Wildman–Crippen MR) is 194 cm³/mol. The van der Waals surface area contributed by atoms with Gasteiger partial charge in [-0.3, -0.25) is 0 Å². The summed E-state index contributed by atoms with van der Waals surface area (Å²) in [6.07, 6.45) is 43.6. The molecule has 0 radical (unpaired) electrons. The maximum Gasteiger partial charge on any atom is 0.0784 e. The SMILES string of the molecule is CCCCCCCCCCCCCCCC[N+](C)(C)CCCC[N+](C)(C)CCCCCCCCCCCCCCCC.[Br-].[Br-]. The van der Waals surface area contributed by atoms with E-state index in [1.54, 1.807) is 0 Å². The molecule has 0 N–H and O–H groups in total. The summed E-state index contributed by atoms with van der Waals surface area (Å²) in [5.74, 6) is 0. The Balaban J connectivity index is -0.00000840. The molecule has 0 fully saturated rings. The molecule has 0 aliphatic carbocycles. The van der Waals surface area contributed by atoms with Crippen LogP contribution in [0, 0.1) is 0 Å². The fourth-order valence-corrected chi connectivity index (χ4v) is 6.77. The van der Waals surface area contributed by atoms with Crippen molar-refractivity contribution < 1.29 is 42.9 Å². The van der Waals surface area contributed by atoms with Crippen LogP contribution in [0.25, 0.3) is 0 Å². The average molecular weight is 755 g/mol. The normalized spacial score (nSPS) is 11.9. The van der Waals surface area contributed by atoms with Gasteiger partial charge in [-0.25, -0.2) is 0 Å². The van der Waals surface area contributed by atoms with Gasteiger partial charge in [-0.15, -0.1) is 0 Å². The highest BCUT2D eigenvalue weighted by Gasteiger charge is 2.17. The Labute approximate surface area is 302 Å². The summed E-state index contributed by atoms with van der Waals surface area (Å²) >= 11 is 0. The molecular formula is C40H86Br2N2. The standard InChI is InChI=1S/C40H86N2.2BrH/c1-7-9-11-13-15-17-19-21-23-25-27-29-31-33-37-41(3,4)39-35-36-40-42(5,6)38-34-32-30-28-26-24-22-20-18-16-14-12-10-8-2;;/h7-40H2,1-6H3;2*1H/q+2;;/p-2. The van der Waals surface area contributed by atoms with Crippen LogP contribution in [0.4, 0.5) is 0 Å². The van der Waals surface area contributed by atoms with Gasteiger partial charge < -0.3 is 42.9 Å². The van der Waals surface area contributed by atoms with Crippen LogP contribution in [0.15, 0.2) is 0 Å². The highest BCUT2D eigenvalue weighted by atomic mass is 79.9. The summed E-state index contributed by atoms with van der Waals surface area (Å²) in [5, 5.41) is 0. The molecule has 0 heterocycles. The first-order valence-electron chi connectivity index (χ1n) is 20.0. The number of hydrogen-bond donors (Lipinski definition) is 0. The van der Waals surface area contributed by atoms with Gasteiger partial charge in [0.05, 0.1) is 54.4 Å². The maximum absolute atomic E-state index is 2.47. The molecule has 0 atom stereocenters. The molecule has 2 nitrogen and oxygen atoms in total. The highest BCUT2D eigenvalue weighted by molar-refractivity contribution is 4.52. The van der Waals surface area contributed by atoms with E-state index in [1.165, 1.54) is 228 Å². The van der Waals surface area contributed by atoms with Crippen molar-refractivity contribution in [3.63, 3.8) is 0 Å². The lowest BCUT2D eigenvalue weighted by atomic mass is 10.0. The Morgan fingerprint density at radius 1 is 0.227 bits per heavy atom. The van der Waals surface area contributed by atoms with E-state index in [1.807, 2.05) is 0 Å². The number of halogens is 2. The molecule has 4 heteroatoms. The first-order valence-corrected chi connectivity index (χ1v) is 20.0. The molecule has 0 spiro atoms. The van der Waals surface area contributed by atoms with E-state index in [9.17, 15) is 0 Å². The predicted octanol–water partition coefficient (Wildman–Crippen LogP) is 6.89. The quantitative estimate of drug-likeness (QED) is 0.0489. The van der Waals surface area contributed by atoms with E-state index in [0.717, 1.165) is 0 Å². The third-order valence-electron chi connectivity index (χ3n) is 10.0. The first kappa shape index (κ1) is 49.3. The molecule has 0 aromatic heterocycles. The number of hydrogen-bond acceptors (Lipinski definition) is 0. The Hall–Kier alpha value is 0.880. The number of quaternary nitrogens is 2. The summed E-state index contributed by atoms with van der Waals surface area (Å²) in [5.41, 5.74) is 0. The lowest BCUT2D eigenvalue weighted by Crippen LogP contribution is -3.00. The molecule has 0 aliphatic rings. The van der Waals surface area contributed by atoms with Crippen molar-refractivity contribution >= 4 is 0 Å². The molecule has 0 aliphatic heterocycles. The van der Waals surface area contributed by atoms with E-state index in [-0.39, 0.29) is 34.0 Å². The van der Waals surface area contributed by atoms with Crippen LogP contribution in [-0.4, -0.2) is 63.3 Å². The molecule has 0 unspecified atom stereocenters. The Bertz CT molecular complexity index is 478. The van der Waals surface area contributed by atoms with Gasteiger partial charge in [-0.2, -0.15) is 0 Å². The van der Waals surface area contributed by atoms with Crippen LogP contribution in [0.5, 0.6) is 0 Å². The van der Waals surface area contributed by atoms with Gasteiger partial charge in [0, 0.05) is 12.8 Å². The molecule has 0 amide bonds. The molecule has 0 saturated carbocycles. The summed E-state index contributed by atoms with van der Waals surface area (Å²) in [7, 11) is 9.88. The number of nitrogens with zero attached hydrogens (tertiary/aromatic N) is 2. The van der Waals surface area contributed by atoms with Crippen LogP contribution >= 0.6 is 0 Å². The van der Waals surface area contributed by atoms with E-state index < -0.39 is 0 Å². The van der Waals surface area contributed by atoms with Crippen molar-refractivity contribution in [1.29, 1.82) is 0 Å². The van der Waals surface area contributed by atoms with Crippen LogP contribution in [0.3, 0.4) is 0 Å². The van der Waals surface area contributed by atoms with Crippen molar-refractivity contribution in [3.8, 4) is 0 Å². The van der Waals surface area contributed by atoms with Crippen molar-refractivity contribution in [2.24, 2.45) is 0 Å². The van der Waals surface area contributed by atoms with Crippen molar-refractivity contribution in [2.75, 3.05) is 54.4 Å². The van der Waals surface area contributed by atoms with Crippen molar-refractivity contribution in [1.82, 2.24) is 0 Å². The van der Waals surface area contributed by atoms with Gasteiger partial charge in [0.1, 0.15) is 0 Å². The lowest BCUT2D eigenvalue weighted by Gasteiger charge is -2.32. The molecule has 0 saturated heterocycles. The second-order valence-corrected chi connectivity index (χ2v) is 15.7. The van der Waals surface area contributed by atoms with Crippen LogP contribution < -0.4 is 34.0 Å². The zero-order valence-corrected chi connectivity index (χ0v) is 34.9. The summed E-state index contributed by atoms with van der Waals surface area (Å²) < 4.78 is 2.45. The summed E-state index contributed by atoms with van der Waals surface area (Å²) in [6.45, 7) is 10.1. The van der Waals surface area contributed by atoms with E-state index in [4.69, 9.17) is 0 Å². The maximum atomic E-state index is 2.47. The molecule has 0 bridgehead atoms. The van der Waals surface area contributed by atoms with Crippen LogP contribution in [-0.2, 0) is 0 Å². The Kier molecular flexibility index (Phi) is 41.1. The smallest absolute Gasteiger partial charge is 0.0784 e. The van der Waals surface area contributed by atoms with Crippen molar-refractivity contribution in [2.45, 2.75) is 206 Å². The number of rotatable bonds is 35. The van der Waals surface area contributed by atoms with E-state index in [0.29, 0.717) is 0 Å². The Morgan fingerprint density at radius 3 is 0.545 bits per heavy atom. The van der Waals surface area contributed by atoms with E-state index in [2.05, 4.69) is 42.0 Å². The van der Waals surface area contributed by atoms with Crippen LogP contribution in [0.2, 0.25) is 0 Å². The zero-order valence-electron chi connectivity index (χ0n) is 31.7. The minimum absolute atomic E-state index is 0. The summed E-state index contributed by atoms with van der Waals surface area (Å²) in [4.78, 5) is 0.